The molecular weight excluding hydrogens is 169 g/mol. The van der Waals surface area contributed by atoms with Gasteiger partial charge in [-0.2, -0.15) is 0 Å². The summed E-state index contributed by atoms with van der Waals surface area (Å²) in [6.07, 6.45) is 3.88. The Morgan fingerprint density at radius 3 is 2.92 bits per heavy atom. The van der Waals surface area contributed by atoms with Crippen LogP contribution >= 0.6 is 0 Å². The van der Waals surface area contributed by atoms with Crippen molar-refractivity contribution >= 4 is 0 Å². The van der Waals surface area contributed by atoms with Crippen LogP contribution in [0.1, 0.15) is 5.56 Å². The Hall–Kier alpha value is -1.35. The average molecular weight is 181 g/mol. The maximum atomic E-state index is 12.8. The fourth-order valence-electron chi connectivity index (χ4n) is 0.926. The number of aliphatic hydroxyl groups is 1. The molecule has 13 heavy (non-hydrogen) atoms. The number of aromatic amines is 1. The first-order valence-electron chi connectivity index (χ1n) is 4.09. The fourth-order valence-corrected chi connectivity index (χ4v) is 0.926. The zero-order valence-electron chi connectivity index (χ0n) is 7.20. The van der Waals surface area contributed by atoms with E-state index in [1.54, 1.807) is 24.5 Å². The van der Waals surface area contributed by atoms with E-state index >= 15 is 0 Å². The standard InChI is InChI=1S/C10H12FNO/c11-10-2-1-6-12-8-9(3-4-10)5-7-13/h1-4,6,8,12-13H,5,7H2. The number of aromatic nitrogens is 1. The third-order valence-electron chi connectivity index (χ3n) is 1.57. The Bertz CT molecular complexity index is 308. The van der Waals surface area contributed by atoms with Crippen molar-refractivity contribution in [3.05, 3.63) is 48.0 Å². The number of aliphatic hydroxyl groups excluding tert-OH is 1. The number of rotatable bonds is 2. The lowest BCUT2D eigenvalue weighted by molar-refractivity contribution is 0.299. The van der Waals surface area contributed by atoms with Gasteiger partial charge in [0.15, 0.2) is 0 Å². The number of nitrogens with one attached hydrogen (secondary N) is 1. The highest BCUT2D eigenvalue weighted by atomic mass is 19.1. The smallest absolute Gasteiger partial charge is 0.123 e. The molecule has 0 aromatic carbocycles. The van der Waals surface area contributed by atoms with E-state index in [0.29, 0.717) is 6.42 Å². The number of hydrogen-bond acceptors (Lipinski definition) is 1. The predicted octanol–water partition coefficient (Wildman–Crippen LogP) is 1.81. The van der Waals surface area contributed by atoms with Crippen molar-refractivity contribution in [2.24, 2.45) is 0 Å². The first kappa shape index (κ1) is 9.74. The minimum atomic E-state index is -0.302. The van der Waals surface area contributed by atoms with Crippen LogP contribution in [-0.4, -0.2) is 16.7 Å². The van der Waals surface area contributed by atoms with Gasteiger partial charge in [0.2, 0.25) is 0 Å². The third-order valence-corrected chi connectivity index (χ3v) is 1.57. The second-order valence-electron chi connectivity index (χ2n) is 2.60. The summed E-state index contributed by atoms with van der Waals surface area (Å²) < 4.78 is 12.8. The summed E-state index contributed by atoms with van der Waals surface area (Å²) in [5, 5.41) is 8.69. The molecule has 3 heteroatoms. The summed E-state index contributed by atoms with van der Waals surface area (Å²) in [5.41, 5.74) is 0.859. The van der Waals surface area contributed by atoms with Gasteiger partial charge in [0.05, 0.1) is 0 Å². The van der Waals surface area contributed by atoms with Crippen molar-refractivity contribution in [3.63, 3.8) is 0 Å². The van der Waals surface area contributed by atoms with Crippen LogP contribution in [0.25, 0.3) is 0 Å². The van der Waals surface area contributed by atoms with Gasteiger partial charge < -0.3 is 10.1 Å². The van der Waals surface area contributed by atoms with E-state index in [4.69, 9.17) is 5.11 Å². The molecule has 0 spiro atoms. The van der Waals surface area contributed by atoms with Gasteiger partial charge in [0, 0.05) is 19.0 Å². The zero-order valence-corrected chi connectivity index (χ0v) is 7.20. The Kier molecular flexibility index (Phi) is 3.99. The van der Waals surface area contributed by atoms with Crippen LogP contribution in [0.5, 0.6) is 0 Å². The van der Waals surface area contributed by atoms with Crippen LogP contribution in [0.3, 0.4) is 0 Å². The van der Waals surface area contributed by atoms with Crippen LogP contribution in [0, 0.1) is 5.82 Å². The molecule has 0 atom stereocenters. The highest BCUT2D eigenvalue weighted by Gasteiger charge is 1.87. The van der Waals surface area contributed by atoms with E-state index in [2.05, 4.69) is 4.98 Å². The zero-order chi connectivity index (χ0) is 9.52. The maximum Gasteiger partial charge on any atom is 0.123 e. The molecule has 0 fully saturated rings. The Morgan fingerprint density at radius 2 is 2.15 bits per heavy atom. The van der Waals surface area contributed by atoms with Gasteiger partial charge in [-0.1, -0.05) is 6.07 Å². The van der Waals surface area contributed by atoms with E-state index in [1.807, 2.05) is 0 Å². The quantitative estimate of drug-likeness (QED) is 0.717. The average Bonchev–Trinajstić information content (AvgIpc) is 2.21. The van der Waals surface area contributed by atoms with Crippen LogP contribution < -0.4 is 0 Å². The molecule has 0 amide bonds. The molecular formula is C10H12FNO. The van der Waals surface area contributed by atoms with Gasteiger partial charge in [-0.3, -0.25) is 0 Å². The lowest BCUT2D eigenvalue weighted by atomic mass is 10.2. The predicted molar refractivity (Wildman–Crippen MR) is 49.2 cm³/mol. The van der Waals surface area contributed by atoms with Crippen molar-refractivity contribution in [2.75, 3.05) is 6.61 Å². The molecule has 2 nitrogen and oxygen atoms in total. The summed E-state index contributed by atoms with van der Waals surface area (Å²) >= 11 is 0. The molecule has 1 aromatic heterocycles. The molecule has 1 rings (SSSR count). The fraction of sp³-hybridized carbons (Fsp3) is 0.200. The molecule has 2 N–H and O–H groups in total. The van der Waals surface area contributed by atoms with Crippen LogP contribution in [-0.2, 0) is 6.42 Å². The Balaban J connectivity index is 3.05. The lowest BCUT2D eigenvalue weighted by Crippen LogP contribution is -1.88. The van der Waals surface area contributed by atoms with Gasteiger partial charge in [-0.15, -0.1) is 0 Å². The summed E-state index contributed by atoms with van der Waals surface area (Å²) in [5.74, 6) is -0.302. The topological polar surface area (TPSA) is 36.0 Å². The van der Waals surface area contributed by atoms with Crippen LogP contribution in [0.15, 0.2) is 36.7 Å². The lowest BCUT2D eigenvalue weighted by Gasteiger charge is -1.91. The van der Waals surface area contributed by atoms with Gasteiger partial charge >= 0.3 is 0 Å². The normalized spacial score (nSPS) is 9.38. The number of hydrogen-bond donors (Lipinski definition) is 2. The minimum absolute atomic E-state index is 0.0624. The molecule has 70 valence electrons. The van der Waals surface area contributed by atoms with Gasteiger partial charge in [0.25, 0.3) is 0 Å². The van der Waals surface area contributed by atoms with Crippen molar-refractivity contribution < 1.29 is 9.50 Å². The van der Waals surface area contributed by atoms with Crippen LogP contribution in [0.4, 0.5) is 4.39 Å². The first-order valence-corrected chi connectivity index (χ1v) is 4.09. The molecule has 0 aliphatic carbocycles. The van der Waals surface area contributed by atoms with E-state index in [9.17, 15) is 4.39 Å². The number of halogens is 1. The molecule has 0 bridgehead atoms. The van der Waals surface area contributed by atoms with Gasteiger partial charge in [0.1, 0.15) is 5.82 Å². The summed E-state index contributed by atoms with van der Waals surface area (Å²) in [7, 11) is 0. The van der Waals surface area contributed by atoms with E-state index in [1.165, 1.54) is 12.1 Å². The molecule has 0 radical (unpaired) electrons. The van der Waals surface area contributed by atoms with Crippen molar-refractivity contribution in [1.29, 1.82) is 0 Å². The number of H-pyrrole nitrogens is 1. The third kappa shape index (κ3) is 3.71. The first-order chi connectivity index (χ1) is 6.33. The summed E-state index contributed by atoms with van der Waals surface area (Å²) in [6, 6.07) is 5.96. The SMILES string of the molecule is OCCc1ccc(F)ccc[nH]c1. The molecule has 0 aliphatic heterocycles. The molecule has 0 saturated heterocycles. The van der Waals surface area contributed by atoms with E-state index < -0.39 is 0 Å². The van der Waals surface area contributed by atoms with Crippen molar-refractivity contribution in [1.82, 2.24) is 4.98 Å². The highest BCUT2D eigenvalue weighted by Crippen LogP contribution is 1.97. The Morgan fingerprint density at radius 1 is 1.31 bits per heavy atom. The molecule has 0 unspecified atom stereocenters. The molecule has 1 aromatic rings. The second kappa shape index (κ2) is 5.32. The maximum absolute atomic E-state index is 12.8. The monoisotopic (exact) mass is 181 g/mol. The van der Waals surface area contributed by atoms with Crippen molar-refractivity contribution in [3.8, 4) is 0 Å². The Labute approximate surface area is 76.4 Å². The minimum Gasteiger partial charge on any atom is -0.396 e. The largest absolute Gasteiger partial charge is 0.396 e. The van der Waals surface area contributed by atoms with Crippen LogP contribution in [0.2, 0.25) is 0 Å². The summed E-state index contributed by atoms with van der Waals surface area (Å²) in [6.45, 7) is 0.0624. The summed E-state index contributed by atoms with van der Waals surface area (Å²) in [4.78, 5) is 2.87. The molecule has 1 heterocycles. The molecule has 0 aliphatic rings. The van der Waals surface area contributed by atoms with Gasteiger partial charge in [-0.05, 0) is 30.2 Å². The van der Waals surface area contributed by atoms with Crippen molar-refractivity contribution in [2.45, 2.75) is 6.42 Å². The van der Waals surface area contributed by atoms with E-state index in [0.717, 1.165) is 5.56 Å². The highest BCUT2D eigenvalue weighted by molar-refractivity contribution is 5.08. The van der Waals surface area contributed by atoms with Gasteiger partial charge in [-0.25, -0.2) is 4.39 Å². The molecule has 0 saturated carbocycles. The van der Waals surface area contributed by atoms with E-state index in [-0.39, 0.29) is 12.4 Å². The second-order valence-corrected chi connectivity index (χ2v) is 2.60.